The van der Waals surface area contributed by atoms with Crippen LogP contribution in [0.4, 0.5) is 0 Å². The first-order chi connectivity index (χ1) is 16.4. The maximum absolute atomic E-state index is 11.9. The Morgan fingerprint density at radius 1 is 0.865 bits per heavy atom. The van der Waals surface area contributed by atoms with E-state index in [0.29, 0.717) is 6.42 Å². The molecule has 0 saturated carbocycles. The van der Waals surface area contributed by atoms with Crippen LogP contribution in [0.25, 0.3) is 0 Å². The fourth-order valence-corrected chi connectivity index (χ4v) is 3.98. The van der Waals surface area contributed by atoms with Gasteiger partial charge in [0.25, 0.3) is 10.1 Å². The number of unbranched alkanes of at least 4 members (excludes halogenated alkanes) is 11. The van der Waals surface area contributed by atoms with Crippen molar-refractivity contribution in [2.24, 2.45) is 5.73 Å². The average molecular weight is 568 g/mol. The van der Waals surface area contributed by atoms with Gasteiger partial charge in [-0.15, -0.1) is 0 Å². The number of nitrogens with two attached hydrogens (primary N) is 1. The topological polar surface area (TPSA) is 150 Å². The van der Waals surface area contributed by atoms with Crippen molar-refractivity contribution in [3.8, 4) is 0 Å². The van der Waals surface area contributed by atoms with Crippen LogP contribution in [-0.2, 0) is 34.0 Å². The monoisotopic (exact) mass is 567 g/mol. The van der Waals surface area contributed by atoms with Crippen LogP contribution >= 0.6 is 0 Å². The van der Waals surface area contributed by atoms with Gasteiger partial charge in [0.2, 0.25) is 0 Å². The molecule has 12 heteroatoms. The molecule has 0 saturated heterocycles. The van der Waals surface area contributed by atoms with Crippen molar-refractivity contribution >= 4 is 28.0 Å². The molecule has 208 valence electrons. The first kappa shape index (κ1) is 41.7. The molecule has 0 aliphatic heterocycles. The Hall–Kier alpha value is 0.220. The third kappa shape index (κ3) is 26.2. The van der Waals surface area contributed by atoms with Gasteiger partial charge in [0.1, 0.15) is 0 Å². The van der Waals surface area contributed by atoms with Crippen LogP contribution in [0.5, 0.6) is 0 Å². The zero-order valence-corrected chi connectivity index (χ0v) is 28.4. The summed E-state index contributed by atoms with van der Waals surface area (Å²) in [7, 11) is -4.96. The van der Waals surface area contributed by atoms with Gasteiger partial charge < -0.3 is 12.3 Å². The number of allylic oxidation sites excluding steroid dienone is 2. The smallest absolute Gasteiger partial charge is 1.00 e. The summed E-state index contributed by atoms with van der Waals surface area (Å²) in [5.41, 5.74) is 3.97. The molecule has 0 aromatic heterocycles. The van der Waals surface area contributed by atoms with E-state index in [9.17, 15) is 27.4 Å². The molecule has 0 aromatic rings. The molecule has 0 heterocycles. The predicted octanol–water partition coefficient (Wildman–Crippen LogP) is -0.789. The molecule has 0 rings (SSSR count). The summed E-state index contributed by atoms with van der Waals surface area (Å²) in [6, 6.07) is 0. The van der Waals surface area contributed by atoms with Crippen molar-refractivity contribution in [2.45, 2.75) is 128 Å². The number of esters is 3. The molecule has 0 amide bonds. The molecular formula is C25H47NNa2O8S. The van der Waals surface area contributed by atoms with E-state index in [1.54, 1.807) is 0 Å². The van der Waals surface area contributed by atoms with E-state index in [1.165, 1.54) is 52.4 Å². The summed E-state index contributed by atoms with van der Waals surface area (Å²) >= 11 is 0. The van der Waals surface area contributed by atoms with Crippen LogP contribution in [0.1, 0.15) is 120 Å². The molecule has 0 fully saturated rings. The minimum absolute atomic E-state index is 0. The molecule has 0 aromatic carbocycles. The molecule has 1 unspecified atom stereocenters. The van der Waals surface area contributed by atoms with Crippen molar-refractivity contribution in [1.82, 2.24) is 0 Å². The summed E-state index contributed by atoms with van der Waals surface area (Å²) < 4.78 is 41.3. The Balaban J connectivity index is -0.000000963. The Labute approximate surface area is 270 Å². The average Bonchev–Trinajstić information content (AvgIpc) is 2.72. The number of hydrogen-bond donors (Lipinski definition) is 2. The summed E-state index contributed by atoms with van der Waals surface area (Å²) in [5.74, 6) is -3.45. The van der Waals surface area contributed by atoms with Crippen LogP contribution < -0.4 is 64.8 Å². The second kappa shape index (κ2) is 24.1. The zero-order valence-electron chi connectivity index (χ0n) is 25.6. The van der Waals surface area contributed by atoms with E-state index >= 15 is 0 Å². The number of carbonyl (C=O) groups excluding carboxylic acids is 3. The maximum atomic E-state index is 11.9. The molecule has 37 heavy (non-hydrogen) atoms. The molecule has 0 aliphatic rings. The molecule has 0 bridgehead atoms. The fraction of sp³-hybridized carbons (Fsp3) is 0.800. The number of rotatable bonds is 20. The minimum Gasteiger partial charge on any atom is -1.00 e. The third-order valence-electron chi connectivity index (χ3n) is 5.21. The summed E-state index contributed by atoms with van der Waals surface area (Å²) in [6.45, 7) is 4.81. The van der Waals surface area contributed by atoms with Crippen LogP contribution in [0, 0.1) is 0 Å². The van der Waals surface area contributed by atoms with Crippen LogP contribution in [-0.4, -0.2) is 41.9 Å². The first-order valence-electron chi connectivity index (χ1n) is 12.7. The van der Waals surface area contributed by atoms with Crippen molar-refractivity contribution in [3.05, 3.63) is 12.2 Å². The summed E-state index contributed by atoms with van der Waals surface area (Å²) in [6.07, 6.45) is 17.9. The second-order valence-corrected chi connectivity index (χ2v) is 11.0. The van der Waals surface area contributed by atoms with Gasteiger partial charge in [0, 0.05) is 6.42 Å². The van der Waals surface area contributed by atoms with Gasteiger partial charge in [-0.25, -0.2) is 0 Å². The van der Waals surface area contributed by atoms with Crippen molar-refractivity contribution in [1.29, 1.82) is 0 Å². The van der Waals surface area contributed by atoms with Crippen LogP contribution in [0.15, 0.2) is 12.2 Å². The Morgan fingerprint density at radius 3 is 1.78 bits per heavy atom. The Bertz CT molecular complexity index is 779. The molecular weight excluding hydrogens is 520 g/mol. The van der Waals surface area contributed by atoms with E-state index in [-0.39, 0.29) is 68.4 Å². The van der Waals surface area contributed by atoms with Crippen molar-refractivity contribution in [3.63, 3.8) is 0 Å². The van der Waals surface area contributed by atoms with Gasteiger partial charge in [-0.2, -0.15) is 8.42 Å². The van der Waals surface area contributed by atoms with Crippen LogP contribution in [0.2, 0.25) is 0 Å². The van der Waals surface area contributed by atoms with Gasteiger partial charge in [-0.3, -0.25) is 24.7 Å². The van der Waals surface area contributed by atoms with Crippen molar-refractivity contribution < 1.29 is 98.8 Å². The van der Waals surface area contributed by atoms with E-state index in [1.807, 2.05) is 0 Å². The Morgan fingerprint density at radius 2 is 1.32 bits per heavy atom. The number of ether oxygens (including phenoxy) is 2. The quantitative estimate of drug-likeness (QED) is 0.0367. The minimum atomic E-state index is -4.96. The summed E-state index contributed by atoms with van der Waals surface area (Å²) in [4.78, 5) is 35.6. The van der Waals surface area contributed by atoms with Gasteiger partial charge in [-0.05, 0) is 46.0 Å². The van der Waals surface area contributed by atoms with Crippen LogP contribution in [0.3, 0.4) is 0 Å². The largest absolute Gasteiger partial charge is 1.00 e. The maximum Gasteiger partial charge on any atom is 1.00 e. The number of carbonyl (C=O) groups is 3. The van der Waals surface area contributed by atoms with Gasteiger partial charge >= 0.3 is 77.0 Å². The standard InChI is InChI=1S/C25H45NO8S.2Na.2H/c1-4-5-6-7-8-9-10-11-12-13-14-15-16-17-18-19-22(27)33-23(28)20-21(35(30,31)32)24(29)34-25(2,3)26;;;;/h11-12,21H,4-10,13-20,26H2,1-3H3,(H,30,31,32);;;;/q;2*+1;2*-1/b12-11-;;;;. The van der Waals surface area contributed by atoms with E-state index in [2.05, 4.69) is 23.8 Å². The molecule has 9 nitrogen and oxygen atoms in total. The predicted molar refractivity (Wildman–Crippen MR) is 137 cm³/mol. The normalized spacial score (nSPS) is 12.4. The fourth-order valence-electron chi connectivity index (χ4n) is 3.35. The van der Waals surface area contributed by atoms with E-state index in [4.69, 9.17) is 10.5 Å². The SMILES string of the molecule is CCCCCCCC/C=C\CCCCCCCC(=O)OC(=O)CC(C(=O)OC(C)(C)N)S(=O)(=O)O.[H-].[H-].[Na+].[Na+]. The molecule has 0 aliphatic carbocycles. The second-order valence-electron chi connectivity index (χ2n) is 9.41. The third-order valence-corrected chi connectivity index (χ3v) is 6.29. The first-order valence-corrected chi connectivity index (χ1v) is 14.2. The van der Waals surface area contributed by atoms with Gasteiger partial charge in [0.15, 0.2) is 11.0 Å². The van der Waals surface area contributed by atoms with E-state index < -0.39 is 45.4 Å². The number of hydrogen-bond acceptors (Lipinski definition) is 8. The molecule has 0 radical (unpaired) electrons. The zero-order chi connectivity index (χ0) is 26.7. The summed E-state index contributed by atoms with van der Waals surface area (Å²) in [5, 5.41) is -2.22. The molecule has 3 N–H and O–H groups in total. The van der Waals surface area contributed by atoms with Gasteiger partial charge in [-0.1, -0.05) is 70.4 Å². The molecule has 1 atom stereocenters. The van der Waals surface area contributed by atoms with Gasteiger partial charge in [0.05, 0.1) is 6.42 Å². The van der Waals surface area contributed by atoms with E-state index in [0.717, 1.165) is 38.5 Å². The molecule has 0 spiro atoms. The van der Waals surface area contributed by atoms with Crippen molar-refractivity contribution in [2.75, 3.05) is 0 Å². The Kier molecular flexibility index (Phi) is 27.1.